The summed E-state index contributed by atoms with van der Waals surface area (Å²) >= 11 is 1.17. The number of nitrogens with zero attached hydrogens (tertiary/aromatic N) is 2. The number of esters is 1. The van der Waals surface area contributed by atoms with Gasteiger partial charge in [0, 0.05) is 11.4 Å². The van der Waals surface area contributed by atoms with E-state index in [-0.39, 0.29) is 17.9 Å². The van der Waals surface area contributed by atoms with Crippen LogP contribution >= 0.6 is 11.8 Å². The topological polar surface area (TPSA) is 102 Å². The van der Waals surface area contributed by atoms with E-state index < -0.39 is 23.9 Å². The van der Waals surface area contributed by atoms with Crippen molar-refractivity contribution in [2.75, 3.05) is 12.4 Å². The standard InChI is InChI=1S/C23H21FN4O4S/c1-3-32-21(30)19-13(2)25-22(31)26-18(19)12-33-23-27-17-7-5-4-6-16(17)20(29)28(23)15-10-8-14(24)9-11-15/h4-11,13H,3,12H2,1-2H3,(H2,25,26,31)/t13-/m1/s1. The first-order chi connectivity index (χ1) is 15.9. The van der Waals surface area contributed by atoms with Gasteiger partial charge in [-0.1, -0.05) is 23.9 Å². The number of hydrogen-bond acceptors (Lipinski definition) is 6. The summed E-state index contributed by atoms with van der Waals surface area (Å²) in [6.07, 6.45) is 0. The lowest BCUT2D eigenvalue weighted by atomic mass is 10.1. The molecule has 4 rings (SSSR count). The van der Waals surface area contributed by atoms with Crippen LogP contribution in [0.15, 0.2) is 69.8 Å². The van der Waals surface area contributed by atoms with E-state index in [4.69, 9.17) is 4.74 Å². The quantitative estimate of drug-likeness (QED) is 0.327. The number of amides is 2. The first kappa shape index (κ1) is 22.5. The first-order valence-electron chi connectivity index (χ1n) is 10.3. The highest BCUT2D eigenvalue weighted by molar-refractivity contribution is 7.99. The van der Waals surface area contributed by atoms with Crippen LogP contribution in [0.25, 0.3) is 16.6 Å². The summed E-state index contributed by atoms with van der Waals surface area (Å²) in [5.74, 6) is -0.807. The molecule has 170 valence electrons. The average molecular weight is 469 g/mol. The Balaban J connectivity index is 1.79. The van der Waals surface area contributed by atoms with E-state index in [2.05, 4.69) is 15.6 Å². The fourth-order valence-electron chi connectivity index (χ4n) is 3.56. The summed E-state index contributed by atoms with van der Waals surface area (Å²) in [5.41, 5.74) is 1.33. The van der Waals surface area contributed by atoms with Crippen molar-refractivity contribution >= 4 is 34.7 Å². The van der Waals surface area contributed by atoms with Crippen molar-refractivity contribution < 1.29 is 18.7 Å². The Labute approximate surface area is 192 Å². The number of urea groups is 1. The van der Waals surface area contributed by atoms with Crippen molar-refractivity contribution in [2.24, 2.45) is 0 Å². The van der Waals surface area contributed by atoms with Crippen LogP contribution < -0.4 is 16.2 Å². The molecule has 1 aliphatic rings. The molecule has 0 fully saturated rings. The molecule has 1 aliphatic heterocycles. The number of halogens is 1. The van der Waals surface area contributed by atoms with E-state index >= 15 is 0 Å². The molecule has 1 aromatic heterocycles. The van der Waals surface area contributed by atoms with Gasteiger partial charge in [0.25, 0.3) is 5.56 Å². The highest BCUT2D eigenvalue weighted by atomic mass is 32.2. The zero-order valence-electron chi connectivity index (χ0n) is 17.9. The minimum absolute atomic E-state index is 0.151. The molecule has 0 aliphatic carbocycles. The number of aromatic nitrogens is 2. The Morgan fingerprint density at radius 2 is 1.91 bits per heavy atom. The fraction of sp³-hybridized carbons (Fsp3) is 0.217. The van der Waals surface area contributed by atoms with Gasteiger partial charge in [0.05, 0.1) is 34.8 Å². The minimum Gasteiger partial charge on any atom is -0.463 e. The molecular formula is C23H21FN4O4S. The molecular weight excluding hydrogens is 447 g/mol. The molecule has 3 aromatic rings. The summed E-state index contributed by atoms with van der Waals surface area (Å²) in [4.78, 5) is 42.5. The van der Waals surface area contributed by atoms with Crippen molar-refractivity contribution in [1.82, 2.24) is 20.2 Å². The van der Waals surface area contributed by atoms with Crippen molar-refractivity contribution in [3.05, 3.63) is 76.0 Å². The second-order valence-electron chi connectivity index (χ2n) is 7.25. The predicted octanol–water partition coefficient (Wildman–Crippen LogP) is 3.14. The maximum absolute atomic E-state index is 13.5. The predicted molar refractivity (Wildman–Crippen MR) is 123 cm³/mol. The number of fused-ring (bicyclic) bond motifs is 1. The maximum Gasteiger partial charge on any atom is 0.337 e. The summed E-state index contributed by atoms with van der Waals surface area (Å²) in [6.45, 7) is 3.59. The van der Waals surface area contributed by atoms with Crippen LogP contribution in [0, 0.1) is 5.82 Å². The highest BCUT2D eigenvalue weighted by Gasteiger charge is 2.30. The Morgan fingerprint density at radius 3 is 2.64 bits per heavy atom. The summed E-state index contributed by atoms with van der Waals surface area (Å²) in [7, 11) is 0. The highest BCUT2D eigenvalue weighted by Crippen LogP contribution is 2.25. The largest absolute Gasteiger partial charge is 0.463 e. The van der Waals surface area contributed by atoms with E-state index in [0.717, 1.165) is 0 Å². The molecule has 0 radical (unpaired) electrons. The van der Waals surface area contributed by atoms with Crippen molar-refractivity contribution in [2.45, 2.75) is 25.0 Å². The second-order valence-corrected chi connectivity index (χ2v) is 8.19. The number of rotatable bonds is 6. The number of benzene rings is 2. The lowest BCUT2D eigenvalue weighted by molar-refractivity contribution is -0.138. The van der Waals surface area contributed by atoms with E-state index in [0.29, 0.717) is 33.0 Å². The molecule has 2 heterocycles. The van der Waals surface area contributed by atoms with Gasteiger partial charge < -0.3 is 15.4 Å². The number of nitrogens with one attached hydrogen (secondary N) is 2. The van der Waals surface area contributed by atoms with Crippen LogP contribution in [0.2, 0.25) is 0 Å². The van der Waals surface area contributed by atoms with E-state index in [9.17, 15) is 18.8 Å². The number of carbonyl (C=O) groups excluding carboxylic acids is 2. The van der Waals surface area contributed by atoms with Gasteiger partial charge in [0.2, 0.25) is 0 Å². The molecule has 0 bridgehead atoms. The van der Waals surface area contributed by atoms with Gasteiger partial charge in [-0.05, 0) is 50.2 Å². The van der Waals surface area contributed by atoms with Crippen molar-refractivity contribution in [1.29, 1.82) is 0 Å². The number of hydrogen-bond donors (Lipinski definition) is 2. The lowest BCUT2D eigenvalue weighted by Gasteiger charge is -2.26. The molecule has 2 aromatic carbocycles. The lowest BCUT2D eigenvalue weighted by Crippen LogP contribution is -2.49. The first-order valence-corrected chi connectivity index (χ1v) is 11.3. The molecule has 1 atom stereocenters. The van der Waals surface area contributed by atoms with Gasteiger partial charge >= 0.3 is 12.0 Å². The molecule has 0 unspecified atom stereocenters. The minimum atomic E-state index is -0.544. The van der Waals surface area contributed by atoms with Crippen LogP contribution in [0.3, 0.4) is 0 Å². The summed E-state index contributed by atoms with van der Waals surface area (Å²) in [6, 6.07) is 11.5. The zero-order valence-corrected chi connectivity index (χ0v) is 18.7. The average Bonchev–Trinajstić information content (AvgIpc) is 2.78. The fourth-order valence-corrected chi connectivity index (χ4v) is 4.54. The van der Waals surface area contributed by atoms with Crippen LogP contribution in [0.5, 0.6) is 0 Å². The normalized spacial score (nSPS) is 15.8. The monoisotopic (exact) mass is 468 g/mol. The number of thioether (sulfide) groups is 1. The van der Waals surface area contributed by atoms with Crippen LogP contribution in [0.1, 0.15) is 13.8 Å². The van der Waals surface area contributed by atoms with Gasteiger partial charge in [-0.15, -0.1) is 0 Å². The van der Waals surface area contributed by atoms with E-state index in [1.54, 1.807) is 38.1 Å². The summed E-state index contributed by atoms with van der Waals surface area (Å²) in [5, 5.41) is 6.07. The third kappa shape index (κ3) is 4.61. The molecule has 2 N–H and O–H groups in total. The second kappa shape index (κ2) is 9.45. The van der Waals surface area contributed by atoms with Gasteiger partial charge in [-0.25, -0.2) is 19.0 Å². The number of carbonyl (C=O) groups is 2. The Kier molecular flexibility index (Phi) is 6.45. The molecule has 2 amide bonds. The third-order valence-corrected chi connectivity index (χ3v) is 6.01. The SMILES string of the molecule is CCOC(=O)C1=C(CSc2nc3ccccc3c(=O)n2-c2ccc(F)cc2)NC(=O)N[C@@H]1C. The van der Waals surface area contributed by atoms with Gasteiger partial charge in [0.15, 0.2) is 5.16 Å². The molecule has 10 heteroatoms. The maximum atomic E-state index is 13.5. The Hall–Kier alpha value is -3.66. The Bertz CT molecular complexity index is 1320. The van der Waals surface area contributed by atoms with Crippen LogP contribution in [-0.2, 0) is 9.53 Å². The summed E-state index contributed by atoms with van der Waals surface area (Å²) < 4.78 is 20.0. The molecule has 0 saturated carbocycles. The number of para-hydroxylation sites is 1. The van der Waals surface area contributed by atoms with Crippen molar-refractivity contribution in [3.8, 4) is 5.69 Å². The van der Waals surface area contributed by atoms with Crippen molar-refractivity contribution in [3.63, 3.8) is 0 Å². The smallest absolute Gasteiger partial charge is 0.337 e. The molecule has 33 heavy (non-hydrogen) atoms. The van der Waals surface area contributed by atoms with Gasteiger partial charge in [-0.3, -0.25) is 9.36 Å². The zero-order chi connectivity index (χ0) is 23.5. The molecule has 8 nitrogen and oxygen atoms in total. The number of ether oxygens (including phenoxy) is 1. The molecule has 0 spiro atoms. The third-order valence-electron chi connectivity index (χ3n) is 5.04. The van der Waals surface area contributed by atoms with E-state index in [1.807, 2.05) is 0 Å². The van der Waals surface area contributed by atoms with Crippen LogP contribution in [-0.4, -0.2) is 40.0 Å². The van der Waals surface area contributed by atoms with Gasteiger partial charge in [0.1, 0.15) is 5.82 Å². The Morgan fingerprint density at radius 1 is 1.18 bits per heavy atom. The van der Waals surface area contributed by atoms with E-state index in [1.165, 1.54) is 40.6 Å². The van der Waals surface area contributed by atoms with Gasteiger partial charge in [-0.2, -0.15) is 0 Å². The molecule has 0 saturated heterocycles. The van der Waals surface area contributed by atoms with Crippen LogP contribution in [0.4, 0.5) is 9.18 Å².